The summed E-state index contributed by atoms with van der Waals surface area (Å²) in [6, 6.07) is -0.00957. The van der Waals surface area contributed by atoms with Crippen LogP contribution in [0, 0.1) is 5.92 Å². The van der Waals surface area contributed by atoms with Crippen molar-refractivity contribution >= 4 is 29.1 Å². The number of hydrogen-bond donors (Lipinski definition) is 0. The van der Waals surface area contributed by atoms with Crippen LogP contribution >= 0.6 is 23.2 Å². The predicted octanol–water partition coefficient (Wildman–Crippen LogP) is 2.81. The lowest BCUT2D eigenvalue weighted by atomic mass is 9.99. The zero-order valence-corrected chi connectivity index (χ0v) is 13.6. The van der Waals surface area contributed by atoms with E-state index < -0.39 is 11.1 Å². The molecule has 0 aromatic rings. The normalized spacial score (nSPS) is 31.8. The van der Waals surface area contributed by atoms with Gasteiger partial charge in [-0.15, -0.1) is 0 Å². The van der Waals surface area contributed by atoms with Gasteiger partial charge < -0.3 is 14.4 Å². The van der Waals surface area contributed by atoms with E-state index >= 15 is 0 Å². The number of rotatable bonds is 4. The average molecular weight is 312 g/mol. The predicted molar refractivity (Wildman–Crippen MR) is 76.4 cm³/mol. The van der Waals surface area contributed by atoms with Crippen LogP contribution in [0.2, 0.25) is 0 Å². The van der Waals surface area contributed by atoms with Crippen molar-refractivity contribution in [1.29, 1.82) is 0 Å². The number of amides is 1. The number of alkyl halides is 2. The lowest BCUT2D eigenvalue weighted by Crippen LogP contribution is -2.51. The standard InChI is InChI=1S/C13H23Cl2NO3/c1-7(2)16(13(17)12(14)15)6-11-18-9(4)8(3)10(5)19-11/h7-12H,6H2,1-5H3. The van der Waals surface area contributed by atoms with Crippen LogP contribution in [-0.4, -0.2) is 46.7 Å². The molecule has 19 heavy (non-hydrogen) atoms. The van der Waals surface area contributed by atoms with Gasteiger partial charge in [0.15, 0.2) is 11.1 Å². The van der Waals surface area contributed by atoms with Crippen LogP contribution in [0.1, 0.15) is 34.6 Å². The minimum absolute atomic E-state index is 0.00957. The summed E-state index contributed by atoms with van der Waals surface area (Å²) in [7, 11) is 0. The summed E-state index contributed by atoms with van der Waals surface area (Å²) < 4.78 is 11.6. The summed E-state index contributed by atoms with van der Waals surface area (Å²) in [6.45, 7) is 10.3. The van der Waals surface area contributed by atoms with Gasteiger partial charge in [0.05, 0.1) is 18.8 Å². The van der Waals surface area contributed by atoms with E-state index in [1.807, 2.05) is 27.7 Å². The number of nitrogens with zero attached hydrogens (tertiary/aromatic N) is 1. The highest BCUT2D eigenvalue weighted by molar-refractivity contribution is 6.53. The highest BCUT2D eigenvalue weighted by Crippen LogP contribution is 2.25. The Labute approximate surface area is 125 Å². The topological polar surface area (TPSA) is 38.8 Å². The van der Waals surface area contributed by atoms with Crippen molar-refractivity contribution in [3.63, 3.8) is 0 Å². The van der Waals surface area contributed by atoms with E-state index in [0.29, 0.717) is 12.5 Å². The summed E-state index contributed by atoms with van der Waals surface area (Å²) in [5.74, 6) is 0.0118. The smallest absolute Gasteiger partial charge is 0.256 e. The molecule has 1 rings (SSSR count). The Morgan fingerprint density at radius 3 is 2.00 bits per heavy atom. The molecule has 2 atom stereocenters. The Morgan fingerprint density at radius 1 is 1.16 bits per heavy atom. The van der Waals surface area contributed by atoms with Crippen LogP contribution in [0.15, 0.2) is 0 Å². The highest BCUT2D eigenvalue weighted by atomic mass is 35.5. The van der Waals surface area contributed by atoms with Gasteiger partial charge in [-0.05, 0) is 27.7 Å². The molecule has 2 unspecified atom stereocenters. The second-order valence-corrected chi connectivity index (χ2v) is 6.45. The van der Waals surface area contributed by atoms with Crippen molar-refractivity contribution in [2.24, 2.45) is 5.92 Å². The second-order valence-electron chi connectivity index (χ2n) is 5.36. The second kappa shape index (κ2) is 7.11. The SMILES string of the molecule is CC1OC(CN(C(=O)C(Cl)Cl)C(C)C)OC(C)C1C. The van der Waals surface area contributed by atoms with E-state index in [4.69, 9.17) is 32.7 Å². The summed E-state index contributed by atoms with van der Waals surface area (Å²) in [5, 5.41) is 0. The maximum atomic E-state index is 11.9. The van der Waals surface area contributed by atoms with Gasteiger partial charge in [0.25, 0.3) is 5.91 Å². The molecule has 0 bridgehead atoms. The largest absolute Gasteiger partial charge is 0.347 e. The Morgan fingerprint density at radius 2 is 1.63 bits per heavy atom. The number of halogens is 2. The van der Waals surface area contributed by atoms with Crippen molar-refractivity contribution in [1.82, 2.24) is 4.90 Å². The molecule has 0 aromatic carbocycles. The molecule has 1 amide bonds. The third kappa shape index (κ3) is 4.48. The molecule has 4 nitrogen and oxygen atoms in total. The van der Waals surface area contributed by atoms with E-state index in [1.54, 1.807) is 4.90 Å². The molecule has 1 aliphatic rings. The molecular weight excluding hydrogens is 289 g/mol. The summed E-state index contributed by atoms with van der Waals surface area (Å²) >= 11 is 11.3. The molecule has 1 heterocycles. The number of hydrogen-bond acceptors (Lipinski definition) is 3. The zero-order valence-electron chi connectivity index (χ0n) is 12.1. The van der Waals surface area contributed by atoms with E-state index in [0.717, 1.165) is 0 Å². The third-order valence-electron chi connectivity index (χ3n) is 3.65. The molecule has 0 aliphatic carbocycles. The van der Waals surface area contributed by atoms with Crippen LogP contribution < -0.4 is 0 Å². The minimum atomic E-state index is -1.06. The average Bonchev–Trinajstić information content (AvgIpc) is 2.31. The lowest BCUT2D eigenvalue weighted by Gasteiger charge is -2.40. The van der Waals surface area contributed by atoms with E-state index in [1.165, 1.54) is 0 Å². The Balaban J connectivity index is 2.67. The zero-order chi connectivity index (χ0) is 14.7. The molecule has 6 heteroatoms. The van der Waals surface area contributed by atoms with Crippen molar-refractivity contribution in [3.8, 4) is 0 Å². The van der Waals surface area contributed by atoms with Crippen LogP contribution in [0.5, 0.6) is 0 Å². The molecule has 0 spiro atoms. The van der Waals surface area contributed by atoms with Crippen LogP contribution in [0.4, 0.5) is 0 Å². The third-order valence-corrected chi connectivity index (χ3v) is 4.03. The summed E-state index contributed by atoms with van der Waals surface area (Å²) in [4.78, 5) is 12.5. The number of carbonyl (C=O) groups excluding carboxylic acids is 1. The first-order valence-electron chi connectivity index (χ1n) is 6.63. The summed E-state index contributed by atoms with van der Waals surface area (Å²) in [6.07, 6.45) is -0.235. The van der Waals surface area contributed by atoms with Gasteiger partial charge in [-0.1, -0.05) is 30.1 Å². The van der Waals surface area contributed by atoms with Crippen LogP contribution in [0.25, 0.3) is 0 Å². The Bertz CT molecular complexity index is 300. The van der Waals surface area contributed by atoms with Crippen molar-refractivity contribution in [3.05, 3.63) is 0 Å². The Kier molecular flexibility index (Phi) is 6.37. The minimum Gasteiger partial charge on any atom is -0.347 e. The van der Waals surface area contributed by atoms with Gasteiger partial charge in [0, 0.05) is 12.0 Å². The van der Waals surface area contributed by atoms with Crippen molar-refractivity contribution in [2.45, 2.75) is 64.0 Å². The fourth-order valence-electron chi connectivity index (χ4n) is 2.07. The maximum Gasteiger partial charge on any atom is 0.256 e. The maximum absolute atomic E-state index is 11.9. The summed E-state index contributed by atoms with van der Waals surface area (Å²) in [5.41, 5.74) is 0. The fourth-order valence-corrected chi connectivity index (χ4v) is 2.32. The van der Waals surface area contributed by atoms with E-state index in [-0.39, 0.29) is 24.2 Å². The quantitative estimate of drug-likeness (QED) is 0.749. The number of carbonyl (C=O) groups is 1. The lowest BCUT2D eigenvalue weighted by molar-refractivity contribution is -0.261. The first kappa shape index (κ1) is 17.0. The first-order valence-corrected chi connectivity index (χ1v) is 7.50. The molecule has 112 valence electrons. The van der Waals surface area contributed by atoms with E-state index in [2.05, 4.69) is 6.92 Å². The van der Waals surface area contributed by atoms with E-state index in [9.17, 15) is 4.79 Å². The van der Waals surface area contributed by atoms with Gasteiger partial charge in [-0.3, -0.25) is 4.79 Å². The van der Waals surface area contributed by atoms with Gasteiger partial charge in [0.1, 0.15) is 0 Å². The fraction of sp³-hybridized carbons (Fsp3) is 0.923. The number of ether oxygens (including phenoxy) is 2. The van der Waals surface area contributed by atoms with Gasteiger partial charge in [-0.2, -0.15) is 0 Å². The van der Waals surface area contributed by atoms with Gasteiger partial charge in [0.2, 0.25) is 0 Å². The molecule has 0 N–H and O–H groups in total. The monoisotopic (exact) mass is 311 g/mol. The van der Waals surface area contributed by atoms with Crippen LogP contribution in [0.3, 0.4) is 0 Å². The molecule has 1 saturated heterocycles. The molecule has 0 saturated carbocycles. The molecule has 0 radical (unpaired) electrons. The van der Waals surface area contributed by atoms with Crippen molar-refractivity contribution < 1.29 is 14.3 Å². The highest BCUT2D eigenvalue weighted by Gasteiger charge is 2.34. The molecule has 0 aromatic heterocycles. The van der Waals surface area contributed by atoms with Gasteiger partial charge >= 0.3 is 0 Å². The van der Waals surface area contributed by atoms with Crippen LogP contribution in [-0.2, 0) is 14.3 Å². The first-order chi connectivity index (χ1) is 8.73. The van der Waals surface area contributed by atoms with Crippen molar-refractivity contribution in [2.75, 3.05) is 6.54 Å². The van der Waals surface area contributed by atoms with Gasteiger partial charge in [-0.25, -0.2) is 0 Å². The molecule has 1 aliphatic heterocycles. The molecular formula is C13H23Cl2NO3. The Hall–Kier alpha value is -0.0300. The molecule has 1 fully saturated rings.